The van der Waals surface area contributed by atoms with Crippen LogP contribution in [0.2, 0.25) is 0 Å². The summed E-state index contributed by atoms with van der Waals surface area (Å²) < 4.78 is 30.8. The predicted octanol–water partition coefficient (Wildman–Crippen LogP) is 2.51. The van der Waals surface area contributed by atoms with Crippen LogP contribution in [0.25, 0.3) is 0 Å². The number of hydrogen-bond donors (Lipinski definition) is 0. The topological polar surface area (TPSA) is 66.9 Å². The van der Waals surface area contributed by atoms with E-state index < -0.39 is 10.0 Å². The number of benzene rings is 2. The number of rotatable bonds is 7. The molecule has 0 aliphatic rings. The van der Waals surface area contributed by atoms with Crippen molar-refractivity contribution in [1.29, 1.82) is 0 Å². The summed E-state index contributed by atoms with van der Waals surface area (Å²) in [5, 5.41) is 0. The Bertz CT molecular complexity index is 805. The van der Waals surface area contributed by atoms with Crippen molar-refractivity contribution in [3.8, 4) is 5.75 Å². The number of nitrogens with zero attached hydrogens (tertiary/aromatic N) is 2. The van der Waals surface area contributed by atoms with E-state index in [-0.39, 0.29) is 12.5 Å². The first kappa shape index (κ1) is 18.8. The molecule has 7 heteroatoms. The van der Waals surface area contributed by atoms with Crippen LogP contribution in [0.3, 0.4) is 0 Å². The minimum atomic E-state index is -3.61. The molecule has 0 N–H and O–H groups in total. The number of ether oxygens (including phenoxy) is 1. The summed E-state index contributed by atoms with van der Waals surface area (Å²) in [5.74, 6) is 0.318. The van der Waals surface area contributed by atoms with Gasteiger partial charge in [0.05, 0.1) is 18.6 Å². The maximum atomic E-state index is 12.5. The van der Waals surface area contributed by atoms with Gasteiger partial charge in [-0.3, -0.25) is 9.10 Å². The van der Waals surface area contributed by atoms with Gasteiger partial charge in [0.15, 0.2) is 0 Å². The molecule has 0 heterocycles. The first-order valence-electron chi connectivity index (χ1n) is 7.85. The SMILES string of the molecule is CCOc1ccc(N(CC(=O)N(C)c2ccccc2)S(C)(=O)=O)cc1. The number of carbonyl (C=O) groups is 1. The number of hydrogen-bond acceptors (Lipinski definition) is 4. The molecule has 0 saturated carbocycles. The zero-order chi connectivity index (χ0) is 18.4. The molecule has 0 bridgehead atoms. The molecule has 0 fully saturated rings. The second-order valence-electron chi connectivity index (χ2n) is 5.48. The Balaban J connectivity index is 2.22. The van der Waals surface area contributed by atoms with Crippen molar-refractivity contribution in [2.45, 2.75) is 6.92 Å². The van der Waals surface area contributed by atoms with Gasteiger partial charge in [-0.15, -0.1) is 0 Å². The van der Waals surface area contributed by atoms with Crippen molar-refractivity contribution in [3.05, 3.63) is 54.6 Å². The molecule has 2 aromatic rings. The molecule has 2 rings (SSSR count). The number of sulfonamides is 1. The molecule has 6 nitrogen and oxygen atoms in total. The van der Waals surface area contributed by atoms with Gasteiger partial charge in [0.2, 0.25) is 15.9 Å². The summed E-state index contributed by atoms with van der Waals surface area (Å²) in [5.41, 5.74) is 1.12. The second-order valence-corrected chi connectivity index (χ2v) is 7.39. The largest absolute Gasteiger partial charge is 0.494 e. The molecule has 134 valence electrons. The maximum absolute atomic E-state index is 12.5. The first-order valence-corrected chi connectivity index (χ1v) is 9.70. The summed E-state index contributed by atoms with van der Waals surface area (Å²) in [4.78, 5) is 14.0. The van der Waals surface area contributed by atoms with Gasteiger partial charge in [0, 0.05) is 12.7 Å². The first-order chi connectivity index (χ1) is 11.8. The lowest BCUT2D eigenvalue weighted by atomic mass is 10.3. The number of anilines is 2. The van der Waals surface area contributed by atoms with Crippen LogP contribution in [0.5, 0.6) is 5.75 Å². The predicted molar refractivity (Wildman–Crippen MR) is 99.7 cm³/mol. The van der Waals surface area contributed by atoms with Crippen molar-refractivity contribution in [1.82, 2.24) is 0 Å². The van der Waals surface area contributed by atoms with E-state index in [9.17, 15) is 13.2 Å². The molecule has 1 amide bonds. The van der Waals surface area contributed by atoms with Gasteiger partial charge in [-0.25, -0.2) is 8.42 Å². The van der Waals surface area contributed by atoms with Crippen LogP contribution >= 0.6 is 0 Å². The van der Waals surface area contributed by atoms with Gasteiger partial charge >= 0.3 is 0 Å². The van der Waals surface area contributed by atoms with E-state index in [0.717, 1.165) is 10.6 Å². The number of amides is 1. The molecule has 25 heavy (non-hydrogen) atoms. The Labute approximate surface area is 148 Å². The molecular formula is C18H22N2O4S. The van der Waals surface area contributed by atoms with Crippen molar-refractivity contribution < 1.29 is 17.9 Å². The van der Waals surface area contributed by atoms with E-state index in [0.29, 0.717) is 23.7 Å². The Hall–Kier alpha value is -2.54. The van der Waals surface area contributed by atoms with E-state index in [1.807, 2.05) is 25.1 Å². The second kappa shape index (κ2) is 8.02. The Morgan fingerprint density at radius 1 is 1.00 bits per heavy atom. The highest BCUT2D eigenvalue weighted by Crippen LogP contribution is 2.22. The van der Waals surface area contributed by atoms with Crippen molar-refractivity contribution in [2.75, 3.05) is 35.7 Å². The quantitative estimate of drug-likeness (QED) is 0.759. The molecule has 0 aliphatic heterocycles. The molecule has 0 aliphatic carbocycles. The van der Waals surface area contributed by atoms with Gasteiger partial charge in [0.1, 0.15) is 12.3 Å². The van der Waals surface area contributed by atoms with Crippen LogP contribution in [0.15, 0.2) is 54.6 Å². The zero-order valence-electron chi connectivity index (χ0n) is 14.5. The highest BCUT2D eigenvalue weighted by molar-refractivity contribution is 7.92. The van der Waals surface area contributed by atoms with Gasteiger partial charge in [-0.2, -0.15) is 0 Å². The number of para-hydroxylation sites is 1. The van der Waals surface area contributed by atoms with E-state index in [2.05, 4.69) is 0 Å². The van der Waals surface area contributed by atoms with Gasteiger partial charge < -0.3 is 9.64 Å². The van der Waals surface area contributed by atoms with Crippen molar-refractivity contribution in [3.63, 3.8) is 0 Å². The smallest absolute Gasteiger partial charge is 0.247 e. The minimum absolute atomic E-state index is 0.280. The zero-order valence-corrected chi connectivity index (χ0v) is 15.4. The van der Waals surface area contributed by atoms with Crippen LogP contribution in [0.1, 0.15) is 6.92 Å². The fourth-order valence-electron chi connectivity index (χ4n) is 2.30. The highest BCUT2D eigenvalue weighted by Gasteiger charge is 2.23. The van der Waals surface area contributed by atoms with E-state index in [1.54, 1.807) is 43.4 Å². The molecule has 2 aromatic carbocycles. The standard InChI is InChI=1S/C18H22N2O4S/c1-4-24-17-12-10-16(11-13-17)20(25(3,22)23)14-18(21)19(2)15-8-6-5-7-9-15/h5-13H,4,14H2,1-3H3. The number of carbonyl (C=O) groups excluding carboxylic acids is 1. The highest BCUT2D eigenvalue weighted by atomic mass is 32.2. The van der Waals surface area contributed by atoms with Gasteiger partial charge in [-0.05, 0) is 43.3 Å². The average Bonchev–Trinajstić information content (AvgIpc) is 2.60. The van der Waals surface area contributed by atoms with Crippen molar-refractivity contribution >= 4 is 27.3 Å². The normalized spacial score (nSPS) is 11.0. The Morgan fingerprint density at radius 2 is 1.60 bits per heavy atom. The third-order valence-corrected chi connectivity index (χ3v) is 4.77. The summed E-state index contributed by atoms with van der Waals surface area (Å²) in [7, 11) is -1.99. The molecule has 0 spiro atoms. The fraction of sp³-hybridized carbons (Fsp3) is 0.278. The average molecular weight is 362 g/mol. The van der Waals surface area contributed by atoms with Crippen LogP contribution in [-0.4, -0.2) is 40.8 Å². The summed E-state index contributed by atoms with van der Waals surface area (Å²) >= 11 is 0. The van der Waals surface area contributed by atoms with E-state index in [4.69, 9.17) is 4.74 Å². The van der Waals surface area contributed by atoms with Crippen LogP contribution in [0, 0.1) is 0 Å². The molecule has 0 atom stereocenters. The van der Waals surface area contributed by atoms with Crippen molar-refractivity contribution in [2.24, 2.45) is 0 Å². The monoisotopic (exact) mass is 362 g/mol. The molecule has 0 unspecified atom stereocenters. The van der Waals surface area contributed by atoms with Crippen LogP contribution < -0.4 is 13.9 Å². The summed E-state index contributed by atoms with van der Waals surface area (Å²) in [6.45, 7) is 2.11. The van der Waals surface area contributed by atoms with E-state index >= 15 is 0 Å². The van der Waals surface area contributed by atoms with Gasteiger partial charge in [0.25, 0.3) is 0 Å². The third-order valence-electron chi connectivity index (χ3n) is 3.63. The summed E-state index contributed by atoms with van der Waals surface area (Å²) in [6.07, 6.45) is 1.08. The molecule has 0 aromatic heterocycles. The van der Waals surface area contributed by atoms with Crippen LogP contribution in [0.4, 0.5) is 11.4 Å². The molecule has 0 saturated heterocycles. The van der Waals surface area contributed by atoms with Gasteiger partial charge in [-0.1, -0.05) is 18.2 Å². The minimum Gasteiger partial charge on any atom is -0.494 e. The Kier molecular flexibility index (Phi) is 6.03. The van der Waals surface area contributed by atoms with E-state index in [1.165, 1.54) is 4.90 Å². The lowest BCUT2D eigenvalue weighted by Crippen LogP contribution is -2.41. The van der Waals surface area contributed by atoms with Crippen LogP contribution in [-0.2, 0) is 14.8 Å². The molecule has 0 radical (unpaired) electrons. The lowest BCUT2D eigenvalue weighted by Gasteiger charge is -2.25. The fourth-order valence-corrected chi connectivity index (χ4v) is 3.15. The lowest BCUT2D eigenvalue weighted by molar-refractivity contribution is -0.116. The maximum Gasteiger partial charge on any atom is 0.247 e. The number of likely N-dealkylation sites (N-methyl/N-ethyl adjacent to an activating group) is 1. The third kappa shape index (κ3) is 4.96. The molecular weight excluding hydrogens is 340 g/mol. The Morgan fingerprint density at radius 3 is 2.12 bits per heavy atom. The summed E-state index contributed by atoms with van der Waals surface area (Å²) in [6, 6.07) is 15.7.